The van der Waals surface area contributed by atoms with Crippen LogP contribution in [0.5, 0.6) is 0 Å². The highest BCUT2D eigenvalue weighted by Gasteiger charge is 2.46. The first-order chi connectivity index (χ1) is 12.1. The van der Waals surface area contributed by atoms with E-state index in [0.29, 0.717) is 11.6 Å². The minimum absolute atomic E-state index is 0.252. The van der Waals surface area contributed by atoms with Crippen molar-refractivity contribution in [3.63, 3.8) is 0 Å². The van der Waals surface area contributed by atoms with Crippen LogP contribution in [0.2, 0.25) is 5.02 Å². The fraction of sp³-hybridized carbons (Fsp3) is 0.579. The summed E-state index contributed by atoms with van der Waals surface area (Å²) in [4.78, 5) is 18.9. The van der Waals surface area contributed by atoms with Crippen LogP contribution < -0.4 is 5.32 Å². The summed E-state index contributed by atoms with van der Waals surface area (Å²) >= 11 is 6.37. The lowest BCUT2D eigenvalue weighted by molar-refractivity contribution is -0.0626. The predicted octanol–water partition coefficient (Wildman–Crippen LogP) is 3.73. The molecule has 7 heteroatoms. The molecule has 1 N–H and O–H groups in total. The van der Waals surface area contributed by atoms with Crippen LogP contribution >= 0.6 is 11.6 Å². The quantitative estimate of drug-likeness (QED) is 0.850. The number of hydrogen-bond donors (Lipinski definition) is 1. The van der Waals surface area contributed by atoms with E-state index in [9.17, 15) is 4.79 Å². The zero-order valence-corrected chi connectivity index (χ0v) is 16.7. The van der Waals surface area contributed by atoms with Gasteiger partial charge in [0.2, 0.25) is 0 Å². The third-order valence-corrected chi connectivity index (χ3v) is 4.71. The van der Waals surface area contributed by atoms with Gasteiger partial charge in [0.1, 0.15) is 17.2 Å². The zero-order valence-electron chi connectivity index (χ0n) is 15.9. The molecule has 1 amide bonds. The third-order valence-electron chi connectivity index (χ3n) is 4.38. The second-order valence-electron chi connectivity index (χ2n) is 8.02. The Morgan fingerprint density at radius 3 is 2.77 bits per heavy atom. The molecule has 1 saturated heterocycles. The summed E-state index contributed by atoms with van der Waals surface area (Å²) in [6, 6.07) is 5.49. The Hall–Kier alpha value is -1.79. The van der Waals surface area contributed by atoms with Crippen molar-refractivity contribution >= 4 is 23.5 Å². The molecule has 0 radical (unpaired) electrons. The molecule has 1 fully saturated rings. The largest absolute Gasteiger partial charge is 0.444 e. The maximum Gasteiger partial charge on any atom is 0.413 e. The Balaban J connectivity index is 1.94. The first-order valence-corrected chi connectivity index (χ1v) is 9.21. The summed E-state index contributed by atoms with van der Waals surface area (Å²) in [6.07, 6.45) is -0.391. The second-order valence-corrected chi connectivity index (χ2v) is 8.43. The molecule has 142 valence electrons. The van der Waals surface area contributed by atoms with Gasteiger partial charge in [0.05, 0.1) is 24.2 Å². The van der Waals surface area contributed by atoms with Crippen molar-refractivity contribution in [3.05, 3.63) is 34.3 Å². The summed E-state index contributed by atoms with van der Waals surface area (Å²) in [6.45, 7) is 11.2. The van der Waals surface area contributed by atoms with E-state index in [0.717, 1.165) is 30.1 Å². The number of halogens is 1. The van der Waals surface area contributed by atoms with Crippen LogP contribution in [-0.4, -0.2) is 47.9 Å². The van der Waals surface area contributed by atoms with Gasteiger partial charge in [-0.3, -0.25) is 9.89 Å². The zero-order chi connectivity index (χ0) is 19.1. The molecule has 3 rings (SSSR count). The number of carbonyl (C=O) groups excluding carboxylic acids is 1. The highest BCUT2D eigenvalue weighted by atomic mass is 35.5. The Morgan fingerprint density at radius 2 is 2.15 bits per heavy atom. The van der Waals surface area contributed by atoms with Crippen molar-refractivity contribution in [2.24, 2.45) is 4.99 Å². The van der Waals surface area contributed by atoms with Crippen molar-refractivity contribution in [2.75, 3.05) is 19.7 Å². The van der Waals surface area contributed by atoms with E-state index in [1.54, 1.807) is 4.90 Å². The summed E-state index contributed by atoms with van der Waals surface area (Å²) in [5.41, 5.74) is 0.455. The van der Waals surface area contributed by atoms with Crippen LogP contribution in [0.1, 0.15) is 51.8 Å². The summed E-state index contributed by atoms with van der Waals surface area (Å²) < 4.78 is 11.5. The minimum atomic E-state index is -0.754. The van der Waals surface area contributed by atoms with Gasteiger partial charge in [-0.25, -0.2) is 4.79 Å². The van der Waals surface area contributed by atoms with Crippen molar-refractivity contribution in [1.82, 2.24) is 10.2 Å². The fourth-order valence-corrected chi connectivity index (χ4v) is 3.42. The normalized spacial score (nSPS) is 22.2. The Labute approximate surface area is 159 Å². The van der Waals surface area contributed by atoms with Crippen LogP contribution in [0.15, 0.2) is 23.2 Å². The number of amides is 1. The third kappa shape index (κ3) is 3.81. The Morgan fingerprint density at radius 1 is 1.42 bits per heavy atom. The summed E-state index contributed by atoms with van der Waals surface area (Å²) in [7, 11) is 0. The number of carbonyl (C=O) groups is 1. The Bertz CT molecular complexity index is 740. The summed E-state index contributed by atoms with van der Waals surface area (Å²) in [5, 5.41) is 3.87. The number of rotatable bonds is 2. The average Bonchev–Trinajstić information content (AvgIpc) is 3.13. The number of hydrogen-bond acceptors (Lipinski definition) is 5. The molecule has 0 aromatic heterocycles. The molecule has 6 nitrogen and oxygen atoms in total. The van der Waals surface area contributed by atoms with E-state index >= 15 is 0 Å². The van der Waals surface area contributed by atoms with E-state index in [-0.39, 0.29) is 6.04 Å². The van der Waals surface area contributed by atoms with Crippen LogP contribution in [0.3, 0.4) is 0 Å². The first-order valence-electron chi connectivity index (χ1n) is 8.83. The lowest BCUT2D eigenvalue weighted by Gasteiger charge is -2.35. The minimum Gasteiger partial charge on any atom is -0.444 e. The van der Waals surface area contributed by atoms with E-state index in [4.69, 9.17) is 21.1 Å². The van der Waals surface area contributed by atoms with Gasteiger partial charge in [0.15, 0.2) is 0 Å². The van der Waals surface area contributed by atoms with Gasteiger partial charge in [0.25, 0.3) is 0 Å². The molecule has 0 bridgehead atoms. The van der Waals surface area contributed by atoms with Crippen LogP contribution in [0, 0.1) is 0 Å². The number of aliphatic imine (C=N–C) groups is 1. The molecule has 26 heavy (non-hydrogen) atoms. The first kappa shape index (κ1) is 19.0. The fourth-order valence-electron chi connectivity index (χ4n) is 3.22. The maximum atomic E-state index is 12.8. The molecule has 1 aromatic carbocycles. The smallest absolute Gasteiger partial charge is 0.413 e. The van der Waals surface area contributed by atoms with E-state index in [1.807, 2.05) is 52.8 Å². The van der Waals surface area contributed by atoms with Gasteiger partial charge in [-0.05, 0) is 52.3 Å². The number of amidine groups is 1. The predicted molar refractivity (Wildman–Crippen MR) is 102 cm³/mol. The molecule has 2 aliphatic heterocycles. The van der Waals surface area contributed by atoms with Gasteiger partial charge in [-0.1, -0.05) is 17.7 Å². The molecule has 1 aromatic rings. The topological polar surface area (TPSA) is 63.2 Å². The van der Waals surface area contributed by atoms with Crippen molar-refractivity contribution < 1.29 is 14.3 Å². The number of benzene rings is 1. The molecular weight excluding hydrogens is 354 g/mol. The van der Waals surface area contributed by atoms with Crippen molar-refractivity contribution in [3.8, 4) is 0 Å². The number of nitrogens with zero attached hydrogens (tertiary/aromatic N) is 2. The molecule has 0 saturated carbocycles. The van der Waals surface area contributed by atoms with Gasteiger partial charge in [-0.15, -0.1) is 0 Å². The molecule has 0 spiro atoms. The van der Waals surface area contributed by atoms with Gasteiger partial charge in [-0.2, -0.15) is 0 Å². The van der Waals surface area contributed by atoms with Crippen LogP contribution in [0.4, 0.5) is 4.79 Å². The highest BCUT2D eigenvalue weighted by molar-refractivity contribution is 6.34. The maximum absolute atomic E-state index is 12.8. The molecule has 0 aliphatic carbocycles. The SMILES string of the molecule is CC(C)(C)OC(=O)N1C(c2ccc(Cl)c(C3=NCCN3)c2)COC1(C)C. The lowest BCUT2D eigenvalue weighted by Crippen LogP contribution is -2.47. The summed E-state index contributed by atoms with van der Waals surface area (Å²) in [5.74, 6) is 0.791. The molecular formula is C19H26ClN3O3. The van der Waals surface area contributed by atoms with Crippen LogP contribution in [-0.2, 0) is 9.47 Å². The highest BCUT2D eigenvalue weighted by Crippen LogP contribution is 2.39. The monoisotopic (exact) mass is 379 g/mol. The molecule has 2 aliphatic rings. The lowest BCUT2D eigenvalue weighted by atomic mass is 10.0. The van der Waals surface area contributed by atoms with Crippen LogP contribution in [0.25, 0.3) is 0 Å². The van der Waals surface area contributed by atoms with Crippen molar-refractivity contribution in [1.29, 1.82) is 0 Å². The number of ether oxygens (including phenoxy) is 2. The van der Waals surface area contributed by atoms with Gasteiger partial charge in [0, 0.05) is 12.1 Å². The second kappa shape index (κ2) is 6.74. The van der Waals surface area contributed by atoms with Crippen molar-refractivity contribution in [2.45, 2.75) is 52.0 Å². The van der Waals surface area contributed by atoms with E-state index in [1.165, 1.54) is 0 Å². The van der Waals surface area contributed by atoms with E-state index < -0.39 is 17.4 Å². The molecule has 2 heterocycles. The Kier molecular flexibility index (Phi) is 4.92. The molecule has 1 atom stereocenters. The van der Waals surface area contributed by atoms with Gasteiger partial charge >= 0.3 is 6.09 Å². The van der Waals surface area contributed by atoms with E-state index in [2.05, 4.69) is 10.3 Å². The molecule has 1 unspecified atom stereocenters. The van der Waals surface area contributed by atoms with Gasteiger partial charge < -0.3 is 14.8 Å². The number of nitrogens with one attached hydrogen (secondary N) is 1. The average molecular weight is 380 g/mol. The standard InChI is InChI=1S/C19H26ClN3O3/c1-18(2,3)26-17(24)23-15(11-25-19(23,4)5)12-6-7-14(20)13(10-12)16-21-8-9-22-16/h6-7,10,15H,8-9,11H2,1-5H3,(H,21,22).